The van der Waals surface area contributed by atoms with Crippen LogP contribution in [-0.4, -0.2) is 16.1 Å². The zero-order valence-electron chi connectivity index (χ0n) is 9.93. The highest BCUT2D eigenvalue weighted by Gasteiger charge is 2.08. The van der Waals surface area contributed by atoms with Gasteiger partial charge in [-0.2, -0.15) is 0 Å². The number of carboxylic acid groups (broad SMARTS) is 1. The van der Waals surface area contributed by atoms with Crippen molar-refractivity contribution in [2.75, 3.05) is 0 Å². The Morgan fingerprint density at radius 1 is 1.47 bits per heavy atom. The molecule has 4 heteroatoms. The average molecular weight is 249 g/mol. The maximum absolute atomic E-state index is 10.5. The first kappa shape index (κ1) is 12.0. The van der Waals surface area contributed by atoms with Crippen molar-refractivity contribution in [3.8, 4) is 0 Å². The number of benzene rings is 1. The highest BCUT2D eigenvalue weighted by atomic mass is 32.1. The van der Waals surface area contributed by atoms with Crippen molar-refractivity contribution >= 4 is 27.5 Å². The number of rotatable bonds is 4. The second-order valence-corrected chi connectivity index (χ2v) is 5.46. The van der Waals surface area contributed by atoms with Crippen LogP contribution in [0.15, 0.2) is 18.2 Å². The van der Waals surface area contributed by atoms with Crippen LogP contribution in [0.5, 0.6) is 0 Å². The summed E-state index contributed by atoms with van der Waals surface area (Å²) in [7, 11) is 0. The van der Waals surface area contributed by atoms with Crippen LogP contribution in [0.25, 0.3) is 10.2 Å². The zero-order valence-corrected chi connectivity index (χ0v) is 10.8. The Morgan fingerprint density at radius 3 is 2.88 bits per heavy atom. The van der Waals surface area contributed by atoms with Crippen molar-refractivity contribution < 1.29 is 9.90 Å². The lowest BCUT2D eigenvalue weighted by Crippen LogP contribution is -1.97. The number of aromatic nitrogens is 1. The van der Waals surface area contributed by atoms with Gasteiger partial charge in [0.25, 0.3) is 0 Å². The molecule has 17 heavy (non-hydrogen) atoms. The van der Waals surface area contributed by atoms with Crippen LogP contribution in [0.1, 0.15) is 36.8 Å². The molecule has 3 nitrogen and oxygen atoms in total. The summed E-state index contributed by atoms with van der Waals surface area (Å²) in [5.41, 5.74) is 2.03. The van der Waals surface area contributed by atoms with E-state index in [0.29, 0.717) is 12.3 Å². The molecule has 0 aliphatic carbocycles. The molecule has 1 aromatic heterocycles. The second-order valence-electron chi connectivity index (χ2n) is 4.40. The van der Waals surface area contributed by atoms with Gasteiger partial charge in [0.2, 0.25) is 0 Å². The predicted octanol–water partition coefficient (Wildman–Crippen LogP) is 3.44. The molecule has 1 heterocycles. The fourth-order valence-electron chi connectivity index (χ4n) is 1.64. The summed E-state index contributed by atoms with van der Waals surface area (Å²) >= 11 is 1.71. The van der Waals surface area contributed by atoms with E-state index in [2.05, 4.69) is 18.8 Å². The summed E-state index contributed by atoms with van der Waals surface area (Å²) in [6.07, 6.45) is 0.743. The van der Waals surface area contributed by atoms with E-state index in [4.69, 9.17) is 5.11 Å². The lowest BCUT2D eigenvalue weighted by atomic mass is 10.1. The van der Waals surface area contributed by atoms with Gasteiger partial charge < -0.3 is 5.11 Å². The van der Waals surface area contributed by atoms with E-state index >= 15 is 0 Å². The summed E-state index contributed by atoms with van der Waals surface area (Å²) in [5.74, 6) is -0.318. The van der Waals surface area contributed by atoms with Crippen LogP contribution in [0, 0.1) is 0 Å². The van der Waals surface area contributed by atoms with Crippen molar-refractivity contribution in [2.45, 2.75) is 32.6 Å². The number of thiazole rings is 1. The van der Waals surface area contributed by atoms with E-state index in [1.54, 1.807) is 11.3 Å². The Bertz CT molecular complexity index is 545. The maximum atomic E-state index is 10.5. The SMILES string of the molecule is CC(C)c1nc2cc(CCC(=O)O)ccc2s1. The smallest absolute Gasteiger partial charge is 0.303 e. The molecule has 0 saturated carbocycles. The summed E-state index contributed by atoms with van der Waals surface area (Å²) < 4.78 is 1.17. The molecule has 0 saturated heterocycles. The lowest BCUT2D eigenvalue weighted by Gasteiger charge is -1.97. The fraction of sp³-hybridized carbons (Fsp3) is 0.385. The third kappa shape index (κ3) is 2.82. The van der Waals surface area contributed by atoms with Crippen LogP contribution in [0.3, 0.4) is 0 Å². The van der Waals surface area contributed by atoms with Gasteiger partial charge in [0.05, 0.1) is 15.2 Å². The Balaban J connectivity index is 2.27. The summed E-state index contributed by atoms with van der Waals surface area (Å²) in [5, 5.41) is 9.79. The normalized spacial score (nSPS) is 11.2. The van der Waals surface area contributed by atoms with E-state index in [9.17, 15) is 4.79 Å². The van der Waals surface area contributed by atoms with Gasteiger partial charge in [0, 0.05) is 12.3 Å². The molecule has 1 aromatic carbocycles. The number of aryl methyl sites for hydroxylation is 1. The highest BCUT2D eigenvalue weighted by molar-refractivity contribution is 7.18. The summed E-state index contributed by atoms with van der Waals surface area (Å²) in [6.45, 7) is 4.26. The first-order chi connectivity index (χ1) is 8.06. The van der Waals surface area contributed by atoms with Crippen molar-refractivity contribution in [3.05, 3.63) is 28.8 Å². The largest absolute Gasteiger partial charge is 0.481 e. The Kier molecular flexibility index (Phi) is 3.43. The molecule has 90 valence electrons. The molecule has 1 N–H and O–H groups in total. The third-order valence-corrected chi connectivity index (χ3v) is 3.93. The van der Waals surface area contributed by atoms with Crippen LogP contribution >= 0.6 is 11.3 Å². The second kappa shape index (κ2) is 4.84. The molecule has 0 radical (unpaired) electrons. The third-order valence-electron chi connectivity index (χ3n) is 2.59. The Labute approximate surface area is 104 Å². The lowest BCUT2D eigenvalue weighted by molar-refractivity contribution is -0.136. The van der Waals surface area contributed by atoms with Gasteiger partial charge in [0.1, 0.15) is 0 Å². The van der Waals surface area contributed by atoms with Gasteiger partial charge in [-0.05, 0) is 24.1 Å². The first-order valence-electron chi connectivity index (χ1n) is 5.67. The van der Waals surface area contributed by atoms with Crippen LogP contribution < -0.4 is 0 Å². The van der Waals surface area contributed by atoms with Gasteiger partial charge in [-0.25, -0.2) is 4.98 Å². The van der Waals surface area contributed by atoms with Crippen LogP contribution in [-0.2, 0) is 11.2 Å². The van der Waals surface area contributed by atoms with Crippen LogP contribution in [0.2, 0.25) is 0 Å². The number of carbonyl (C=O) groups is 1. The van der Waals surface area contributed by atoms with Crippen molar-refractivity contribution in [3.63, 3.8) is 0 Å². The van der Waals surface area contributed by atoms with E-state index in [-0.39, 0.29) is 6.42 Å². The number of hydrogen-bond donors (Lipinski definition) is 1. The quantitative estimate of drug-likeness (QED) is 0.903. The maximum Gasteiger partial charge on any atom is 0.303 e. The van der Waals surface area contributed by atoms with E-state index in [1.807, 2.05) is 18.2 Å². The molecular formula is C13H15NO2S. The molecule has 0 bridgehead atoms. The van der Waals surface area contributed by atoms with E-state index in [1.165, 1.54) is 4.70 Å². The molecule has 2 aromatic rings. The van der Waals surface area contributed by atoms with Gasteiger partial charge in [-0.1, -0.05) is 19.9 Å². The Morgan fingerprint density at radius 2 is 2.24 bits per heavy atom. The standard InChI is InChI=1S/C13H15NO2S/c1-8(2)13-14-10-7-9(4-6-12(15)16)3-5-11(10)17-13/h3,5,7-8H,4,6H2,1-2H3,(H,15,16). The van der Waals surface area contributed by atoms with E-state index < -0.39 is 5.97 Å². The number of nitrogens with zero attached hydrogens (tertiary/aromatic N) is 1. The molecule has 0 amide bonds. The number of aliphatic carboxylic acids is 1. The first-order valence-corrected chi connectivity index (χ1v) is 6.49. The van der Waals surface area contributed by atoms with Gasteiger partial charge in [-0.15, -0.1) is 11.3 Å². The highest BCUT2D eigenvalue weighted by Crippen LogP contribution is 2.28. The van der Waals surface area contributed by atoms with Crippen LogP contribution in [0.4, 0.5) is 0 Å². The van der Waals surface area contributed by atoms with Gasteiger partial charge >= 0.3 is 5.97 Å². The van der Waals surface area contributed by atoms with E-state index in [0.717, 1.165) is 16.1 Å². The molecular weight excluding hydrogens is 234 g/mol. The molecule has 2 rings (SSSR count). The minimum absolute atomic E-state index is 0.173. The molecule has 0 fully saturated rings. The average Bonchev–Trinajstić information content (AvgIpc) is 2.69. The topological polar surface area (TPSA) is 50.2 Å². The summed E-state index contributed by atoms with van der Waals surface area (Å²) in [4.78, 5) is 15.1. The molecule has 0 spiro atoms. The van der Waals surface area contributed by atoms with Gasteiger partial charge in [0.15, 0.2) is 0 Å². The summed E-state index contributed by atoms with van der Waals surface area (Å²) in [6, 6.07) is 6.03. The fourth-order valence-corrected chi connectivity index (χ4v) is 2.59. The minimum Gasteiger partial charge on any atom is -0.481 e. The van der Waals surface area contributed by atoms with Crippen molar-refractivity contribution in [1.82, 2.24) is 4.98 Å². The molecule has 0 unspecified atom stereocenters. The number of fused-ring (bicyclic) bond motifs is 1. The Hall–Kier alpha value is -1.42. The minimum atomic E-state index is -0.758. The van der Waals surface area contributed by atoms with Crippen molar-refractivity contribution in [1.29, 1.82) is 0 Å². The van der Waals surface area contributed by atoms with Crippen molar-refractivity contribution in [2.24, 2.45) is 0 Å². The molecule has 0 atom stereocenters. The molecule has 0 aliphatic heterocycles. The van der Waals surface area contributed by atoms with Gasteiger partial charge in [-0.3, -0.25) is 4.79 Å². The number of hydrogen-bond acceptors (Lipinski definition) is 3. The number of carboxylic acids is 1. The predicted molar refractivity (Wildman–Crippen MR) is 69.7 cm³/mol. The zero-order chi connectivity index (χ0) is 12.4. The molecule has 0 aliphatic rings. The monoisotopic (exact) mass is 249 g/mol.